The molecular weight excluding hydrogens is 374 g/mol. The maximum absolute atomic E-state index is 13.0. The smallest absolute Gasteiger partial charge is 0.254 e. The van der Waals surface area contributed by atoms with E-state index in [1.807, 2.05) is 23.1 Å². The van der Waals surface area contributed by atoms with Crippen molar-refractivity contribution in [3.8, 4) is 0 Å². The summed E-state index contributed by atoms with van der Waals surface area (Å²) in [6.07, 6.45) is 6.50. The minimum atomic E-state index is -0.396. The van der Waals surface area contributed by atoms with Crippen molar-refractivity contribution in [1.29, 1.82) is 0 Å². The second-order valence-corrected chi connectivity index (χ2v) is 8.34. The lowest BCUT2D eigenvalue weighted by Crippen LogP contribution is -2.40. The molecule has 5 nitrogen and oxygen atoms in total. The van der Waals surface area contributed by atoms with Gasteiger partial charge in [-0.1, -0.05) is 30.3 Å². The lowest BCUT2D eigenvalue weighted by atomic mass is 9.95. The standard InChI is InChI=1S/C25H29N3O2/c1-16-12-20-15-28(23-4-3-5-24(23)29)25(30)21(20)14-19(16)13-17-6-8-18(9-7-17)22(26)10-11-27-2/h6-12,14,23-24,29H,3-5,13,15,26H2,1-2H3/t23-,24-/m0/s1. The summed E-state index contributed by atoms with van der Waals surface area (Å²) in [6, 6.07) is 12.3. The van der Waals surface area contributed by atoms with E-state index in [2.05, 4.69) is 30.1 Å². The summed E-state index contributed by atoms with van der Waals surface area (Å²) in [7, 11) is 1.71. The maximum Gasteiger partial charge on any atom is 0.254 e. The average molecular weight is 404 g/mol. The van der Waals surface area contributed by atoms with Crippen LogP contribution in [0.5, 0.6) is 0 Å². The molecule has 2 atom stereocenters. The lowest BCUT2D eigenvalue weighted by molar-refractivity contribution is 0.0479. The molecule has 2 aromatic carbocycles. The fourth-order valence-corrected chi connectivity index (χ4v) is 4.58. The van der Waals surface area contributed by atoms with Crippen molar-refractivity contribution in [2.45, 2.75) is 51.3 Å². The van der Waals surface area contributed by atoms with Gasteiger partial charge in [-0.05, 0) is 72.6 Å². The van der Waals surface area contributed by atoms with Crippen LogP contribution in [0.25, 0.3) is 5.70 Å². The van der Waals surface area contributed by atoms with Crippen LogP contribution in [0.3, 0.4) is 0 Å². The summed E-state index contributed by atoms with van der Waals surface area (Å²) in [5.74, 6) is 0.0584. The van der Waals surface area contributed by atoms with Crippen molar-refractivity contribution in [3.63, 3.8) is 0 Å². The molecule has 1 aliphatic heterocycles. The Morgan fingerprint density at radius 3 is 2.70 bits per heavy atom. The highest BCUT2D eigenvalue weighted by atomic mass is 16.3. The number of aliphatic imine (C=N–C) groups is 1. The Kier molecular flexibility index (Phi) is 5.73. The molecule has 30 heavy (non-hydrogen) atoms. The Morgan fingerprint density at radius 1 is 1.27 bits per heavy atom. The third-order valence-electron chi connectivity index (χ3n) is 6.32. The molecule has 0 spiro atoms. The molecule has 1 heterocycles. The van der Waals surface area contributed by atoms with E-state index in [0.29, 0.717) is 12.2 Å². The van der Waals surface area contributed by atoms with E-state index < -0.39 is 6.10 Å². The van der Waals surface area contributed by atoms with Crippen molar-refractivity contribution < 1.29 is 9.90 Å². The van der Waals surface area contributed by atoms with Crippen LogP contribution < -0.4 is 5.73 Å². The number of benzene rings is 2. The minimum Gasteiger partial charge on any atom is -0.398 e. The van der Waals surface area contributed by atoms with Gasteiger partial charge in [0.15, 0.2) is 0 Å². The lowest BCUT2D eigenvalue weighted by Gasteiger charge is -2.26. The summed E-state index contributed by atoms with van der Waals surface area (Å²) in [4.78, 5) is 18.8. The molecule has 156 valence electrons. The fraction of sp³-hybridized carbons (Fsp3) is 0.360. The van der Waals surface area contributed by atoms with E-state index in [-0.39, 0.29) is 11.9 Å². The zero-order chi connectivity index (χ0) is 21.3. The average Bonchev–Trinajstić information content (AvgIpc) is 3.30. The van der Waals surface area contributed by atoms with E-state index >= 15 is 0 Å². The number of amides is 1. The van der Waals surface area contributed by atoms with Crippen LogP contribution in [0.2, 0.25) is 0 Å². The van der Waals surface area contributed by atoms with E-state index in [1.54, 1.807) is 19.3 Å². The Labute approximate surface area is 177 Å². The summed E-state index contributed by atoms with van der Waals surface area (Å²) >= 11 is 0. The van der Waals surface area contributed by atoms with Crippen molar-refractivity contribution in [3.05, 3.63) is 75.9 Å². The molecule has 4 rings (SSSR count). The molecule has 0 saturated heterocycles. The summed E-state index contributed by atoms with van der Waals surface area (Å²) < 4.78 is 0. The molecule has 2 aliphatic rings. The van der Waals surface area contributed by atoms with Crippen LogP contribution in [0.4, 0.5) is 0 Å². The van der Waals surface area contributed by atoms with Crippen LogP contribution in [0, 0.1) is 6.92 Å². The number of hydrogen-bond acceptors (Lipinski definition) is 4. The van der Waals surface area contributed by atoms with Crippen molar-refractivity contribution in [2.24, 2.45) is 10.7 Å². The first kappa shape index (κ1) is 20.4. The first-order chi connectivity index (χ1) is 14.5. The van der Waals surface area contributed by atoms with Crippen molar-refractivity contribution >= 4 is 17.8 Å². The molecule has 1 fully saturated rings. The number of aryl methyl sites for hydroxylation is 1. The normalized spacial score (nSPS) is 21.6. The summed E-state index contributed by atoms with van der Waals surface area (Å²) in [6.45, 7) is 2.71. The third kappa shape index (κ3) is 3.90. The summed E-state index contributed by atoms with van der Waals surface area (Å²) in [5, 5.41) is 10.2. The molecule has 0 bridgehead atoms. The van der Waals surface area contributed by atoms with Gasteiger partial charge in [-0.15, -0.1) is 0 Å². The number of carbonyl (C=O) groups excluding carboxylic acids is 1. The van der Waals surface area contributed by atoms with Crippen LogP contribution in [0.15, 0.2) is 47.5 Å². The first-order valence-electron chi connectivity index (χ1n) is 10.6. The number of nitrogens with zero attached hydrogens (tertiary/aromatic N) is 2. The highest BCUT2D eigenvalue weighted by Gasteiger charge is 2.38. The minimum absolute atomic E-state index is 0.0440. The monoisotopic (exact) mass is 403 g/mol. The number of aliphatic hydroxyl groups is 1. The number of hydrogen-bond donors (Lipinski definition) is 2. The van der Waals surface area contributed by atoms with Crippen LogP contribution in [-0.4, -0.2) is 41.3 Å². The number of fused-ring (bicyclic) bond motifs is 1. The Bertz CT molecular complexity index is 1010. The molecule has 1 aliphatic carbocycles. The predicted molar refractivity (Wildman–Crippen MR) is 121 cm³/mol. The van der Waals surface area contributed by atoms with E-state index in [1.165, 1.54) is 11.1 Å². The topological polar surface area (TPSA) is 78.9 Å². The van der Waals surface area contributed by atoms with Gasteiger partial charge in [-0.3, -0.25) is 9.79 Å². The molecule has 1 saturated carbocycles. The molecule has 0 radical (unpaired) electrons. The van der Waals surface area contributed by atoms with Gasteiger partial charge in [0.1, 0.15) is 0 Å². The second kappa shape index (κ2) is 8.44. The Balaban J connectivity index is 1.53. The quantitative estimate of drug-likeness (QED) is 0.751. The van der Waals surface area contributed by atoms with E-state index in [9.17, 15) is 9.90 Å². The zero-order valence-electron chi connectivity index (χ0n) is 17.6. The number of carbonyl (C=O) groups is 1. The number of rotatable bonds is 5. The van der Waals surface area contributed by atoms with Crippen LogP contribution >= 0.6 is 0 Å². The van der Waals surface area contributed by atoms with Crippen LogP contribution in [-0.2, 0) is 13.0 Å². The molecule has 5 heteroatoms. The van der Waals surface area contributed by atoms with E-state index in [0.717, 1.165) is 47.9 Å². The second-order valence-electron chi connectivity index (χ2n) is 8.34. The zero-order valence-corrected chi connectivity index (χ0v) is 17.6. The molecular formula is C25H29N3O2. The van der Waals surface area contributed by atoms with Gasteiger partial charge in [-0.25, -0.2) is 0 Å². The Hall–Kier alpha value is -2.92. The first-order valence-corrected chi connectivity index (χ1v) is 10.6. The molecule has 3 N–H and O–H groups in total. The fourth-order valence-electron chi connectivity index (χ4n) is 4.58. The number of nitrogens with two attached hydrogens (primary N) is 1. The van der Waals surface area contributed by atoms with Crippen molar-refractivity contribution in [2.75, 3.05) is 7.05 Å². The van der Waals surface area contributed by atoms with Gasteiger partial charge < -0.3 is 15.7 Å². The third-order valence-corrected chi connectivity index (χ3v) is 6.32. The van der Waals surface area contributed by atoms with E-state index in [4.69, 9.17) is 5.73 Å². The van der Waals surface area contributed by atoms with Gasteiger partial charge in [0.25, 0.3) is 5.91 Å². The number of aliphatic hydroxyl groups excluding tert-OH is 1. The Morgan fingerprint density at radius 2 is 2.03 bits per heavy atom. The molecule has 2 aromatic rings. The maximum atomic E-state index is 13.0. The van der Waals surface area contributed by atoms with Crippen LogP contribution in [0.1, 0.15) is 57.4 Å². The largest absolute Gasteiger partial charge is 0.398 e. The molecule has 0 aromatic heterocycles. The SMILES string of the molecule is CN=CC=C(N)c1ccc(Cc2cc3c(cc2C)CN([C@H]2CCC[C@@H]2O)C3=O)cc1. The molecule has 0 unspecified atom stereocenters. The highest BCUT2D eigenvalue weighted by molar-refractivity contribution is 5.99. The number of allylic oxidation sites excluding steroid dienone is 1. The molecule has 1 amide bonds. The van der Waals surface area contributed by atoms with Crippen molar-refractivity contribution in [1.82, 2.24) is 4.90 Å². The van der Waals surface area contributed by atoms with Gasteiger partial charge in [0.05, 0.1) is 12.1 Å². The predicted octanol–water partition coefficient (Wildman–Crippen LogP) is 3.46. The highest BCUT2D eigenvalue weighted by Crippen LogP contribution is 2.33. The van der Waals surface area contributed by atoms with Gasteiger partial charge in [0.2, 0.25) is 0 Å². The summed E-state index contributed by atoms with van der Waals surface area (Å²) in [5.41, 5.74) is 13.1. The van der Waals surface area contributed by atoms with Gasteiger partial charge in [0, 0.05) is 31.1 Å². The van der Waals surface area contributed by atoms with Gasteiger partial charge in [-0.2, -0.15) is 0 Å². The van der Waals surface area contributed by atoms with Gasteiger partial charge >= 0.3 is 0 Å².